The Labute approximate surface area is 123 Å². The minimum Gasteiger partial charge on any atom is -0.478 e. The highest BCUT2D eigenvalue weighted by molar-refractivity contribution is 5.94. The number of likely N-dealkylation sites (N-methyl/N-ethyl adjacent to an activating group) is 1. The molecule has 0 aliphatic carbocycles. The van der Waals surface area contributed by atoms with Crippen LogP contribution in [0.2, 0.25) is 0 Å². The van der Waals surface area contributed by atoms with Gasteiger partial charge < -0.3 is 14.9 Å². The fourth-order valence-corrected chi connectivity index (χ4v) is 2.27. The van der Waals surface area contributed by atoms with E-state index in [2.05, 4.69) is 9.88 Å². The number of carboxylic acid groups (broad SMARTS) is 1. The summed E-state index contributed by atoms with van der Waals surface area (Å²) in [7, 11) is 2.05. The summed E-state index contributed by atoms with van der Waals surface area (Å²) >= 11 is 0. The smallest absolute Gasteiger partial charge is 0.328 e. The highest BCUT2D eigenvalue weighted by Crippen LogP contribution is 2.10. The first kappa shape index (κ1) is 15.2. The molecule has 0 saturated carbocycles. The Morgan fingerprint density at radius 1 is 1.24 bits per heavy atom. The van der Waals surface area contributed by atoms with Gasteiger partial charge in [0.1, 0.15) is 0 Å². The monoisotopic (exact) mass is 289 g/mol. The second-order valence-electron chi connectivity index (χ2n) is 5.13. The van der Waals surface area contributed by atoms with Crippen LogP contribution in [0.15, 0.2) is 24.5 Å². The van der Waals surface area contributed by atoms with Crippen LogP contribution < -0.4 is 0 Å². The number of carboxylic acids is 1. The average molecular weight is 289 g/mol. The van der Waals surface area contributed by atoms with E-state index in [0.717, 1.165) is 32.1 Å². The molecule has 1 aromatic rings. The standard InChI is InChI=1S/C15H19N3O3/c1-17-5-2-6-18(8-7-17)15(21)13-9-12(10-16-11-13)3-4-14(19)20/h3-4,9-11H,2,5-8H2,1H3,(H,19,20). The van der Waals surface area contributed by atoms with Crippen LogP contribution in [0.5, 0.6) is 0 Å². The van der Waals surface area contributed by atoms with E-state index in [-0.39, 0.29) is 5.91 Å². The van der Waals surface area contributed by atoms with Gasteiger partial charge in [-0.3, -0.25) is 9.78 Å². The summed E-state index contributed by atoms with van der Waals surface area (Å²) in [4.78, 5) is 31.0. The van der Waals surface area contributed by atoms with Gasteiger partial charge in [-0.2, -0.15) is 0 Å². The van der Waals surface area contributed by atoms with Crippen LogP contribution in [0, 0.1) is 0 Å². The van der Waals surface area contributed by atoms with Crippen LogP contribution in [0.25, 0.3) is 6.08 Å². The molecule has 2 heterocycles. The Hall–Kier alpha value is -2.21. The first-order valence-electron chi connectivity index (χ1n) is 6.90. The zero-order chi connectivity index (χ0) is 15.2. The van der Waals surface area contributed by atoms with E-state index in [4.69, 9.17) is 5.11 Å². The SMILES string of the molecule is CN1CCCN(C(=O)c2cncc(C=CC(=O)O)c2)CC1. The third kappa shape index (κ3) is 4.39. The third-order valence-corrected chi connectivity index (χ3v) is 3.43. The molecule has 0 spiro atoms. The van der Waals surface area contributed by atoms with Gasteiger partial charge in [0.2, 0.25) is 0 Å². The predicted octanol–water partition coefficient (Wildman–Crippen LogP) is 0.957. The molecule has 1 N–H and O–H groups in total. The van der Waals surface area contributed by atoms with Crippen molar-refractivity contribution in [1.82, 2.24) is 14.8 Å². The van der Waals surface area contributed by atoms with Crippen molar-refractivity contribution in [2.75, 3.05) is 33.2 Å². The molecule has 1 aliphatic heterocycles. The van der Waals surface area contributed by atoms with Gasteiger partial charge in [0.15, 0.2) is 0 Å². The lowest BCUT2D eigenvalue weighted by Crippen LogP contribution is -2.34. The molecule has 0 aromatic carbocycles. The van der Waals surface area contributed by atoms with E-state index in [9.17, 15) is 9.59 Å². The average Bonchev–Trinajstić information content (AvgIpc) is 2.69. The topological polar surface area (TPSA) is 73.7 Å². The van der Waals surface area contributed by atoms with Gasteiger partial charge in [0, 0.05) is 38.1 Å². The molecule has 1 saturated heterocycles. The maximum atomic E-state index is 12.5. The number of hydrogen-bond acceptors (Lipinski definition) is 4. The molecule has 2 rings (SSSR count). The maximum Gasteiger partial charge on any atom is 0.328 e. The third-order valence-electron chi connectivity index (χ3n) is 3.43. The van der Waals surface area contributed by atoms with Crippen molar-refractivity contribution in [1.29, 1.82) is 0 Å². The minimum atomic E-state index is -1.03. The highest BCUT2D eigenvalue weighted by atomic mass is 16.4. The summed E-state index contributed by atoms with van der Waals surface area (Å²) in [5.41, 5.74) is 1.10. The summed E-state index contributed by atoms with van der Waals surface area (Å²) in [5, 5.41) is 8.63. The molecular formula is C15H19N3O3. The lowest BCUT2D eigenvalue weighted by Gasteiger charge is -2.20. The van der Waals surface area contributed by atoms with Crippen molar-refractivity contribution < 1.29 is 14.7 Å². The largest absolute Gasteiger partial charge is 0.478 e. The van der Waals surface area contributed by atoms with Gasteiger partial charge in [0.05, 0.1) is 5.56 Å². The lowest BCUT2D eigenvalue weighted by atomic mass is 10.1. The summed E-state index contributed by atoms with van der Waals surface area (Å²) in [6.45, 7) is 3.28. The van der Waals surface area contributed by atoms with E-state index >= 15 is 0 Å². The lowest BCUT2D eigenvalue weighted by molar-refractivity contribution is -0.131. The summed E-state index contributed by atoms with van der Waals surface area (Å²) < 4.78 is 0. The van der Waals surface area contributed by atoms with Crippen molar-refractivity contribution >= 4 is 18.0 Å². The Morgan fingerprint density at radius 2 is 2.05 bits per heavy atom. The second kappa shape index (κ2) is 6.99. The number of nitrogens with zero attached hydrogens (tertiary/aromatic N) is 3. The van der Waals surface area contributed by atoms with Crippen molar-refractivity contribution in [3.63, 3.8) is 0 Å². The Kier molecular flexibility index (Phi) is 5.05. The Balaban J connectivity index is 2.11. The Morgan fingerprint density at radius 3 is 2.81 bits per heavy atom. The number of rotatable bonds is 3. The molecule has 0 bridgehead atoms. The molecule has 1 fully saturated rings. The van der Waals surface area contributed by atoms with Crippen molar-refractivity contribution in [2.24, 2.45) is 0 Å². The zero-order valence-corrected chi connectivity index (χ0v) is 12.0. The van der Waals surface area contributed by atoms with E-state index in [1.165, 1.54) is 18.5 Å². The van der Waals surface area contributed by atoms with E-state index in [1.807, 2.05) is 11.9 Å². The van der Waals surface area contributed by atoms with E-state index in [0.29, 0.717) is 17.7 Å². The fraction of sp³-hybridized carbons (Fsp3) is 0.400. The zero-order valence-electron chi connectivity index (χ0n) is 12.0. The van der Waals surface area contributed by atoms with Crippen LogP contribution in [0.4, 0.5) is 0 Å². The molecule has 0 atom stereocenters. The van der Waals surface area contributed by atoms with Crippen molar-refractivity contribution in [3.05, 3.63) is 35.7 Å². The van der Waals surface area contributed by atoms with Gasteiger partial charge in [-0.05, 0) is 37.7 Å². The van der Waals surface area contributed by atoms with Gasteiger partial charge in [-0.25, -0.2) is 4.79 Å². The number of carbonyl (C=O) groups is 2. The molecule has 0 unspecified atom stereocenters. The van der Waals surface area contributed by atoms with Gasteiger partial charge in [0.25, 0.3) is 5.91 Å². The normalized spacial score (nSPS) is 16.9. The molecule has 1 amide bonds. The molecule has 0 radical (unpaired) electrons. The number of aromatic nitrogens is 1. The van der Waals surface area contributed by atoms with Gasteiger partial charge in [-0.15, -0.1) is 0 Å². The Bertz CT molecular complexity index is 557. The van der Waals surface area contributed by atoms with Crippen LogP contribution in [0.1, 0.15) is 22.3 Å². The molecule has 6 heteroatoms. The quantitative estimate of drug-likeness (QED) is 0.839. The van der Waals surface area contributed by atoms with Gasteiger partial charge >= 0.3 is 5.97 Å². The molecular weight excluding hydrogens is 270 g/mol. The predicted molar refractivity (Wildman–Crippen MR) is 78.9 cm³/mol. The van der Waals surface area contributed by atoms with Crippen LogP contribution in [-0.4, -0.2) is 65.0 Å². The maximum absolute atomic E-state index is 12.5. The summed E-state index contributed by atoms with van der Waals surface area (Å²) in [6, 6.07) is 1.67. The number of hydrogen-bond donors (Lipinski definition) is 1. The van der Waals surface area contributed by atoms with Crippen LogP contribution in [-0.2, 0) is 4.79 Å². The molecule has 6 nitrogen and oxygen atoms in total. The van der Waals surface area contributed by atoms with Gasteiger partial charge in [-0.1, -0.05) is 0 Å². The molecule has 1 aromatic heterocycles. The molecule has 112 valence electrons. The first-order chi connectivity index (χ1) is 10.1. The van der Waals surface area contributed by atoms with Crippen LogP contribution >= 0.6 is 0 Å². The van der Waals surface area contributed by atoms with E-state index in [1.54, 1.807) is 6.07 Å². The number of carbonyl (C=O) groups excluding carboxylic acids is 1. The second-order valence-corrected chi connectivity index (χ2v) is 5.13. The number of pyridine rings is 1. The summed E-state index contributed by atoms with van der Waals surface area (Å²) in [5.74, 6) is -1.08. The first-order valence-corrected chi connectivity index (χ1v) is 6.90. The van der Waals surface area contributed by atoms with Crippen molar-refractivity contribution in [3.8, 4) is 0 Å². The highest BCUT2D eigenvalue weighted by Gasteiger charge is 2.19. The van der Waals surface area contributed by atoms with Crippen molar-refractivity contribution in [2.45, 2.75) is 6.42 Å². The molecule has 21 heavy (non-hydrogen) atoms. The number of aliphatic carboxylic acids is 1. The minimum absolute atomic E-state index is 0.0524. The summed E-state index contributed by atoms with van der Waals surface area (Å²) in [6.07, 6.45) is 6.48. The van der Waals surface area contributed by atoms with Crippen LogP contribution in [0.3, 0.4) is 0 Å². The molecule has 1 aliphatic rings. The fourth-order valence-electron chi connectivity index (χ4n) is 2.27. The van der Waals surface area contributed by atoms with E-state index < -0.39 is 5.97 Å². The number of amides is 1.